The van der Waals surface area contributed by atoms with E-state index >= 15 is 0 Å². The van der Waals surface area contributed by atoms with Crippen molar-refractivity contribution in [1.82, 2.24) is 4.90 Å². The summed E-state index contributed by atoms with van der Waals surface area (Å²) in [5.74, 6) is -0.993. The molecule has 1 N–H and O–H groups in total. The number of nitrogens with zero attached hydrogens (tertiary/aromatic N) is 1. The number of alkyl halides is 2. The zero-order valence-corrected chi connectivity index (χ0v) is 9.21. The Morgan fingerprint density at radius 3 is 2.69 bits per heavy atom. The van der Waals surface area contributed by atoms with Crippen LogP contribution in [-0.4, -0.2) is 35.9 Å². The van der Waals surface area contributed by atoms with Crippen LogP contribution in [0.25, 0.3) is 0 Å². The van der Waals surface area contributed by atoms with Crippen LogP contribution in [0.2, 0.25) is 5.02 Å². The van der Waals surface area contributed by atoms with Crippen LogP contribution in [0.15, 0.2) is 18.2 Å². The van der Waals surface area contributed by atoms with Gasteiger partial charge in [-0.2, -0.15) is 0 Å². The minimum Gasteiger partial charge on any atom is -0.507 e. The van der Waals surface area contributed by atoms with E-state index < -0.39 is 18.9 Å². The molecule has 3 nitrogen and oxygen atoms in total. The zero-order valence-electron chi connectivity index (χ0n) is 8.45. The summed E-state index contributed by atoms with van der Waals surface area (Å²) in [7, 11) is 1.24. The highest BCUT2D eigenvalue weighted by molar-refractivity contribution is 6.30. The van der Waals surface area contributed by atoms with Crippen molar-refractivity contribution < 1.29 is 18.7 Å². The lowest BCUT2D eigenvalue weighted by molar-refractivity contribution is 0.0617. The Morgan fingerprint density at radius 1 is 1.56 bits per heavy atom. The van der Waals surface area contributed by atoms with Crippen LogP contribution in [-0.2, 0) is 0 Å². The normalized spacial score (nSPS) is 10.6. The van der Waals surface area contributed by atoms with E-state index in [1.807, 2.05) is 0 Å². The van der Waals surface area contributed by atoms with Gasteiger partial charge < -0.3 is 10.0 Å². The summed E-state index contributed by atoms with van der Waals surface area (Å²) >= 11 is 5.58. The highest BCUT2D eigenvalue weighted by Gasteiger charge is 2.18. The number of halogens is 3. The summed E-state index contributed by atoms with van der Waals surface area (Å²) in [5, 5.41) is 9.69. The van der Waals surface area contributed by atoms with Crippen LogP contribution >= 0.6 is 11.6 Å². The van der Waals surface area contributed by atoms with Crippen molar-refractivity contribution in [3.8, 4) is 5.75 Å². The molecule has 1 amide bonds. The van der Waals surface area contributed by atoms with Crippen molar-refractivity contribution in [2.75, 3.05) is 13.6 Å². The number of rotatable bonds is 3. The molecular weight excluding hydrogens is 240 g/mol. The SMILES string of the molecule is CN(CC(F)F)C(=O)c1ccc(Cl)cc1O. The molecule has 0 saturated heterocycles. The zero-order chi connectivity index (χ0) is 12.3. The highest BCUT2D eigenvalue weighted by atomic mass is 35.5. The third-order valence-electron chi connectivity index (χ3n) is 1.95. The molecule has 0 spiro atoms. The third-order valence-corrected chi connectivity index (χ3v) is 2.18. The summed E-state index contributed by atoms with van der Waals surface area (Å²) in [4.78, 5) is 12.4. The van der Waals surface area contributed by atoms with Gasteiger partial charge in [-0.1, -0.05) is 11.6 Å². The summed E-state index contributed by atoms with van der Waals surface area (Å²) in [6.07, 6.45) is -2.61. The van der Waals surface area contributed by atoms with Gasteiger partial charge in [0.05, 0.1) is 12.1 Å². The number of aromatic hydroxyl groups is 1. The lowest BCUT2D eigenvalue weighted by Crippen LogP contribution is -2.31. The fourth-order valence-corrected chi connectivity index (χ4v) is 1.35. The molecular formula is C10H10ClF2NO2. The fourth-order valence-electron chi connectivity index (χ4n) is 1.18. The van der Waals surface area contributed by atoms with Gasteiger partial charge in [-0.25, -0.2) is 8.78 Å². The van der Waals surface area contributed by atoms with Gasteiger partial charge in [0.15, 0.2) is 0 Å². The van der Waals surface area contributed by atoms with Gasteiger partial charge in [0.25, 0.3) is 12.3 Å². The van der Waals surface area contributed by atoms with E-state index in [-0.39, 0.29) is 16.3 Å². The maximum absolute atomic E-state index is 12.0. The van der Waals surface area contributed by atoms with Gasteiger partial charge in [-0.05, 0) is 18.2 Å². The minimum atomic E-state index is -2.61. The molecule has 1 rings (SSSR count). The Bertz CT molecular complexity index is 398. The van der Waals surface area contributed by atoms with Gasteiger partial charge in [0.1, 0.15) is 5.75 Å². The second-order valence-corrected chi connectivity index (χ2v) is 3.67. The number of benzene rings is 1. The number of carbonyl (C=O) groups is 1. The number of phenolic OH excluding ortho intramolecular Hbond substituents is 1. The van der Waals surface area contributed by atoms with Crippen molar-refractivity contribution >= 4 is 17.5 Å². The van der Waals surface area contributed by atoms with Gasteiger partial charge in [0, 0.05) is 12.1 Å². The molecule has 0 unspecified atom stereocenters. The number of amides is 1. The number of phenols is 1. The van der Waals surface area contributed by atoms with Crippen molar-refractivity contribution in [1.29, 1.82) is 0 Å². The third kappa shape index (κ3) is 3.06. The lowest BCUT2D eigenvalue weighted by atomic mass is 10.2. The molecule has 0 atom stereocenters. The standard InChI is InChI=1S/C10H10ClF2NO2/c1-14(5-9(12)13)10(16)7-3-2-6(11)4-8(7)15/h2-4,9,15H,5H2,1H3. The summed E-state index contributed by atoms with van der Waals surface area (Å²) < 4.78 is 24.1. The van der Waals surface area contributed by atoms with Crippen molar-refractivity contribution in [2.45, 2.75) is 6.43 Å². The molecule has 1 aromatic carbocycles. The first-order chi connectivity index (χ1) is 7.41. The average Bonchev–Trinajstić information content (AvgIpc) is 2.15. The van der Waals surface area contributed by atoms with E-state index in [9.17, 15) is 18.7 Å². The second kappa shape index (κ2) is 5.12. The molecule has 0 saturated carbocycles. The van der Waals surface area contributed by atoms with E-state index in [0.717, 1.165) is 4.90 Å². The van der Waals surface area contributed by atoms with Crippen LogP contribution < -0.4 is 0 Å². The van der Waals surface area contributed by atoms with E-state index in [4.69, 9.17) is 11.6 Å². The Balaban J connectivity index is 2.88. The van der Waals surface area contributed by atoms with E-state index in [2.05, 4.69) is 0 Å². The van der Waals surface area contributed by atoms with Gasteiger partial charge >= 0.3 is 0 Å². The highest BCUT2D eigenvalue weighted by Crippen LogP contribution is 2.23. The fraction of sp³-hybridized carbons (Fsp3) is 0.300. The topological polar surface area (TPSA) is 40.5 Å². The van der Waals surface area contributed by atoms with E-state index in [1.54, 1.807) is 0 Å². The predicted molar refractivity (Wildman–Crippen MR) is 56.1 cm³/mol. The van der Waals surface area contributed by atoms with Gasteiger partial charge in [-0.3, -0.25) is 4.79 Å². The molecule has 6 heteroatoms. The first-order valence-electron chi connectivity index (χ1n) is 4.44. The molecule has 0 fully saturated rings. The monoisotopic (exact) mass is 249 g/mol. The number of hydrogen-bond donors (Lipinski definition) is 1. The molecule has 88 valence electrons. The Kier molecular flexibility index (Phi) is 4.06. The number of hydrogen-bond acceptors (Lipinski definition) is 2. The maximum atomic E-state index is 12.0. The summed E-state index contributed by atoms with van der Waals surface area (Å²) in [5.41, 5.74) is -0.0486. The maximum Gasteiger partial charge on any atom is 0.257 e. The quantitative estimate of drug-likeness (QED) is 0.894. The van der Waals surface area contributed by atoms with E-state index in [1.165, 1.54) is 25.2 Å². The van der Waals surface area contributed by atoms with Crippen LogP contribution in [0.5, 0.6) is 5.75 Å². The Morgan fingerprint density at radius 2 is 2.19 bits per heavy atom. The van der Waals surface area contributed by atoms with Crippen molar-refractivity contribution in [2.24, 2.45) is 0 Å². The Hall–Kier alpha value is -1.36. The van der Waals surface area contributed by atoms with Crippen LogP contribution in [0, 0.1) is 0 Å². The second-order valence-electron chi connectivity index (χ2n) is 3.24. The Labute approximate surface area is 96.2 Å². The van der Waals surface area contributed by atoms with E-state index in [0.29, 0.717) is 0 Å². The molecule has 0 aromatic heterocycles. The summed E-state index contributed by atoms with van der Waals surface area (Å²) in [6, 6.07) is 3.89. The summed E-state index contributed by atoms with van der Waals surface area (Å²) in [6.45, 7) is -0.680. The van der Waals surface area contributed by atoms with Crippen LogP contribution in [0.3, 0.4) is 0 Å². The number of carbonyl (C=O) groups excluding carboxylic acids is 1. The lowest BCUT2D eigenvalue weighted by Gasteiger charge is -2.17. The average molecular weight is 250 g/mol. The van der Waals surface area contributed by atoms with Crippen LogP contribution in [0.1, 0.15) is 10.4 Å². The first kappa shape index (κ1) is 12.7. The van der Waals surface area contributed by atoms with Gasteiger partial charge in [-0.15, -0.1) is 0 Å². The smallest absolute Gasteiger partial charge is 0.257 e. The van der Waals surface area contributed by atoms with Crippen LogP contribution in [0.4, 0.5) is 8.78 Å². The largest absolute Gasteiger partial charge is 0.507 e. The van der Waals surface area contributed by atoms with Crippen molar-refractivity contribution in [3.05, 3.63) is 28.8 Å². The molecule has 0 aliphatic carbocycles. The predicted octanol–water partition coefficient (Wildman–Crippen LogP) is 2.38. The molecule has 0 aliphatic rings. The molecule has 16 heavy (non-hydrogen) atoms. The molecule has 0 aliphatic heterocycles. The van der Waals surface area contributed by atoms with Gasteiger partial charge in [0.2, 0.25) is 0 Å². The minimum absolute atomic E-state index is 0.0486. The van der Waals surface area contributed by atoms with Crippen molar-refractivity contribution in [3.63, 3.8) is 0 Å². The first-order valence-corrected chi connectivity index (χ1v) is 4.81. The molecule has 0 radical (unpaired) electrons. The molecule has 0 bridgehead atoms. The molecule has 1 aromatic rings. The molecule has 0 heterocycles.